The molecule has 0 spiro atoms. The molecule has 0 fully saturated rings. The number of benzene rings is 3. The van der Waals surface area contributed by atoms with Gasteiger partial charge in [-0.25, -0.2) is 4.79 Å². The molecule has 0 aliphatic carbocycles. The number of hydrogen-bond donors (Lipinski definition) is 2. The lowest BCUT2D eigenvalue weighted by atomic mass is 9.97. The van der Waals surface area contributed by atoms with E-state index in [-0.39, 0.29) is 19.5 Å². The van der Waals surface area contributed by atoms with Gasteiger partial charge in [-0.1, -0.05) is 84.9 Å². The molecule has 40 heavy (non-hydrogen) atoms. The van der Waals surface area contributed by atoms with Gasteiger partial charge in [0.05, 0.1) is 6.07 Å². The van der Waals surface area contributed by atoms with Crippen LogP contribution in [0.4, 0.5) is 4.79 Å². The zero-order valence-corrected chi connectivity index (χ0v) is 23.4. The molecule has 0 radical (unpaired) electrons. The predicted octanol–water partition coefficient (Wildman–Crippen LogP) is 4.84. The van der Waals surface area contributed by atoms with Gasteiger partial charge in [-0.05, 0) is 49.9 Å². The maximum atomic E-state index is 14.2. The fourth-order valence-electron chi connectivity index (χ4n) is 4.30. The van der Waals surface area contributed by atoms with Crippen LogP contribution in [0.3, 0.4) is 0 Å². The summed E-state index contributed by atoms with van der Waals surface area (Å²) in [6.45, 7) is 6.93. The van der Waals surface area contributed by atoms with E-state index in [2.05, 4.69) is 10.6 Å². The summed E-state index contributed by atoms with van der Waals surface area (Å²) in [5.41, 5.74) is 2.30. The number of nitrogens with zero attached hydrogens (tertiary/aromatic N) is 2. The predicted molar refractivity (Wildman–Crippen MR) is 153 cm³/mol. The van der Waals surface area contributed by atoms with E-state index in [1.807, 2.05) is 85.8 Å². The first-order valence-corrected chi connectivity index (χ1v) is 13.2. The van der Waals surface area contributed by atoms with Crippen LogP contribution in [0.25, 0.3) is 0 Å². The van der Waals surface area contributed by atoms with Crippen LogP contribution in [-0.4, -0.2) is 41.0 Å². The van der Waals surface area contributed by atoms with Gasteiger partial charge in [0.1, 0.15) is 24.2 Å². The van der Waals surface area contributed by atoms with Crippen LogP contribution in [0.5, 0.6) is 0 Å². The Morgan fingerprint density at radius 2 is 1.48 bits per heavy atom. The average molecular weight is 541 g/mol. The van der Waals surface area contributed by atoms with Crippen molar-refractivity contribution in [2.24, 2.45) is 0 Å². The zero-order valence-electron chi connectivity index (χ0n) is 23.4. The topological polar surface area (TPSA) is 112 Å². The minimum absolute atomic E-state index is 0.146. The highest BCUT2D eigenvalue weighted by Gasteiger charge is 2.37. The van der Waals surface area contributed by atoms with Crippen LogP contribution in [-0.2, 0) is 27.3 Å². The number of alkyl carbamates (subject to hydrolysis) is 1. The number of amides is 3. The Hall–Kier alpha value is -4.64. The molecule has 0 bridgehead atoms. The Balaban J connectivity index is 1.99. The van der Waals surface area contributed by atoms with Crippen molar-refractivity contribution in [2.75, 3.05) is 6.54 Å². The summed E-state index contributed by atoms with van der Waals surface area (Å²) in [7, 11) is 0. The van der Waals surface area contributed by atoms with E-state index < -0.39 is 35.6 Å². The second-order valence-corrected chi connectivity index (χ2v) is 10.5. The summed E-state index contributed by atoms with van der Waals surface area (Å²) < 4.78 is 5.43. The Morgan fingerprint density at radius 3 is 2.05 bits per heavy atom. The van der Waals surface area contributed by atoms with Crippen LogP contribution >= 0.6 is 0 Å². The first-order chi connectivity index (χ1) is 19.1. The van der Waals surface area contributed by atoms with Gasteiger partial charge in [-0.3, -0.25) is 9.59 Å². The molecule has 2 N–H and O–H groups in total. The molecule has 2 unspecified atom stereocenters. The maximum absolute atomic E-state index is 14.2. The van der Waals surface area contributed by atoms with E-state index in [1.54, 1.807) is 32.9 Å². The highest BCUT2D eigenvalue weighted by Crippen LogP contribution is 2.26. The average Bonchev–Trinajstić information content (AvgIpc) is 2.92. The molecule has 0 heterocycles. The van der Waals surface area contributed by atoms with Crippen molar-refractivity contribution in [1.29, 1.82) is 5.26 Å². The number of carbonyl (C=O) groups is 3. The Kier molecular flexibility index (Phi) is 10.4. The van der Waals surface area contributed by atoms with E-state index in [9.17, 15) is 19.6 Å². The number of ether oxygens (including phenoxy) is 1. The third-order valence-corrected chi connectivity index (χ3v) is 6.15. The molecule has 3 rings (SSSR count). The van der Waals surface area contributed by atoms with Gasteiger partial charge < -0.3 is 20.3 Å². The normalized spacial score (nSPS) is 12.4. The Bertz CT molecular complexity index is 1330. The van der Waals surface area contributed by atoms with E-state index in [4.69, 9.17) is 4.74 Å². The molecule has 208 valence electrons. The largest absolute Gasteiger partial charge is 0.444 e. The zero-order chi connectivity index (χ0) is 29.1. The lowest BCUT2D eigenvalue weighted by Crippen LogP contribution is -2.54. The lowest BCUT2D eigenvalue weighted by molar-refractivity contribution is -0.141. The monoisotopic (exact) mass is 540 g/mol. The Labute approximate surface area is 236 Å². The number of nitriles is 1. The summed E-state index contributed by atoms with van der Waals surface area (Å²) in [5.74, 6) is -1.00. The number of rotatable bonds is 10. The molecule has 3 amide bonds. The number of nitrogens with one attached hydrogen (secondary N) is 2. The molecule has 0 aliphatic heterocycles. The van der Waals surface area contributed by atoms with Gasteiger partial charge in [-0.15, -0.1) is 0 Å². The fraction of sp³-hybridized carbons (Fsp3) is 0.312. The molecule has 2 atom stereocenters. The van der Waals surface area contributed by atoms with Gasteiger partial charge in [0.15, 0.2) is 0 Å². The van der Waals surface area contributed by atoms with Crippen molar-refractivity contribution in [3.63, 3.8) is 0 Å². The molecular weight excluding hydrogens is 504 g/mol. The van der Waals surface area contributed by atoms with Crippen molar-refractivity contribution in [1.82, 2.24) is 15.5 Å². The summed E-state index contributed by atoms with van der Waals surface area (Å²) in [6.07, 6.45) is -0.618. The molecule has 3 aromatic carbocycles. The molecule has 0 saturated heterocycles. The third-order valence-electron chi connectivity index (χ3n) is 6.15. The highest BCUT2D eigenvalue weighted by molar-refractivity contribution is 5.92. The summed E-state index contributed by atoms with van der Waals surface area (Å²) in [4.78, 5) is 41.9. The minimum atomic E-state index is -1.10. The van der Waals surface area contributed by atoms with E-state index in [0.717, 1.165) is 16.7 Å². The standard InChI is InChI=1S/C32H36N4O4/c1-23-13-11-12-18-26(23)28(29(37)34-22-25-16-9-6-10-17-25)36(20-19-33)30(38)27(21-24-14-7-5-8-15-24)35-31(39)40-32(2,3)4/h5-18,27-28H,20-22H2,1-4H3,(H,34,37)(H,35,39). The molecule has 3 aromatic rings. The van der Waals surface area contributed by atoms with Crippen LogP contribution in [0.1, 0.15) is 49.1 Å². The molecule has 0 saturated carbocycles. The van der Waals surface area contributed by atoms with Crippen LogP contribution in [0.2, 0.25) is 0 Å². The van der Waals surface area contributed by atoms with Gasteiger partial charge in [0.25, 0.3) is 0 Å². The number of carbonyl (C=O) groups excluding carboxylic acids is 3. The smallest absolute Gasteiger partial charge is 0.408 e. The molecule has 8 nitrogen and oxygen atoms in total. The third kappa shape index (κ3) is 8.70. The van der Waals surface area contributed by atoms with Gasteiger partial charge in [0, 0.05) is 13.0 Å². The quantitative estimate of drug-likeness (QED) is 0.358. The van der Waals surface area contributed by atoms with E-state index in [0.29, 0.717) is 5.56 Å². The van der Waals surface area contributed by atoms with Crippen molar-refractivity contribution in [3.05, 3.63) is 107 Å². The first-order valence-electron chi connectivity index (χ1n) is 13.2. The van der Waals surface area contributed by atoms with Crippen LogP contribution in [0.15, 0.2) is 84.9 Å². The minimum Gasteiger partial charge on any atom is -0.444 e. The summed E-state index contributed by atoms with van der Waals surface area (Å²) in [6, 6.07) is 25.7. The first kappa shape index (κ1) is 29.9. The van der Waals surface area contributed by atoms with E-state index in [1.165, 1.54) is 4.90 Å². The van der Waals surface area contributed by atoms with Gasteiger partial charge in [0.2, 0.25) is 11.8 Å². The van der Waals surface area contributed by atoms with Crippen LogP contribution in [0, 0.1) is 18.3 Å². The van der Waals surface area contributed by atoms with Crippen molar-refractivity contribution in [3.8, 4) is 6.07 Å². The highest BCUT2D eigenvalue weighted by atomic mass is 16.6. The Morgan fingerprint density at radius 1 is 0.900 bits per heavy atom. The number of hydrogen-bond acceptors (Lipinski definition) is 5. The molecule has 0 aromatic heterocycles. The fourth-order valence-corrected chi connectivity index (χ4v) is 4.30. The van der Waals surface area contributed by atoms with Crippen molar-refractivity contribution in [2.45, 2.75) is 58.3 Å². The molecule has 0 aliphatic rings. The van der Waals surface area contributed by atoms with E-state index >= 15 is 0 Å². The van der Waals surface area contributed by atoms with Crippen LogP contribution < -0.4 is 10.6 Å². The van der Waals surface area contributed by atoms with Crippen molar-refractivity contribution < 1.29 is 19.1 Å². The second kappa shape index (κ2) is 13.9. The SMILES string of the molecule is Cc1ccccc1C(C(=O)NCc1ccccc1)N(CC#N)C(=O)C(Cc1ccccc1)NC(=O)OC(C)(C)C. The van der Waals surface area contributed by atoms with Gasteiger partial charge >= 0.3 is 6.09 Å². The molecule has 8 heteroatoms. The molecular formula is C32H36N4O4. The second-order valence-electron chi connectivity index (χ2n) is 10.5. The summed E-state index contributed by atoms with van der Waals surface area (Å²) >= 11 is 0. The van der Waals surface area contributed by atoms with Crippen molar-refractivity contribution >= 4 is 17.9 Å². The lowest BCUT2D eigenvalue weighted by Gasteiger charge is -2.33. The summed E-state index contributed by atoms with van der Waals surface area (Å²) in [5, 5.41) is 15.4. The maximum Gasteiger partial charge on any atom is 0.408 e. The van der Waals surface area contributed by atoms with Gasteiger partial charge in [-0.2, -0.15) is 5.26 Å². The number of aryl methyl sites for hydroxylation is 1.